The van der Waals surface area contributed by atoms with Crippen LogP contribution in [0.15, 0.2) is 18.3 Å². The number of nitrogens with zero attached hydrogens (tertiary/aromatic N) is 4. The fourth-order valence-corrected chi connectivity index (χ4v) is 1.35. The summed E-state index contributed by atoms with van der Waals surface area (Å²) >= 11 is 0. The number of nitrogens with one attached hydrogen (secondary N) is 1. The molecule has 0 amide bonds. The highest BCUT2D eigenvalue weighted by Gasteiger charge is 2.06. The SMILES string of the molecule is CCCc1nc(-c2ccc(C#N)cn2)n[nH]1. The Hall–Kier alpha value is -2.22. The molecule has 2 heterocycles. The van der Waals surface area contributed by atoms with Gasteiger partial charge in [-0.05, 0) is 18.6 Å². The van der Waals surface area contributed by atoms with E-state index in [1.165, 1.54) is 6.20 Å². The Kier molecular flexibility index (Phi) is 2.92. The van der Waals surface area contributed by atoms with Gasteiger partial charge in [0.2, 0.25) is 0 Å². The summed E-state index contributed by atoms with van der Waals surface area (Å²) in [6, 6.07) is 5.47. The molecule has 0 spiro atoms. The van der Waals surface area contributed by atoms with E-state index in [-0.39, 0.29) is 0 Å². The molecule has 0 fully saturated rings. The van der Waals surface area contributed by atoms with E-state index in [4.69, 9.17) is 5.26 Å². The van der Waals surface area contributed by atoms with Gasteiger partial charge in [0.15, 0.2) is 5.82 Å². The van der Waals surface area contributed by atoms with Crippen molar-refractivity contribution in [1.82, 2.24) is 20.2 Å². The van der Waals surface area contributed by atoms with Gasteiger partial charge >= 0.3 is 0 Å². The normalized spacial score (nSPS) is 10.0. The number of H-pyrrole nitrogens is 1. The Bertz CT molecular complexity index is 506. The van der Waals surface area contributed by atoms with Crippen LogP contribution in [0.5, 0.6) is 0 Å². The van der Waals surface area contributed by atoms with Crippen molar-refractivity contribution >= 4 is 0 Å². The molecule has 5 nitrogen and oxygen atoms in total. The van der Waals surface area contributed by atoms with Crippen LogP contribution in [0.2, 0.25) is 0 Å². The van der Waals surface area contributed by atoms with E-state index in [9.17, 15) is 0 Å². The second-order valence-corrected chi connectivity index (χ2v) is 3.40. The molecule has 80 valence electrons. The predicted molar refractivity (Wildman–Crippen MR) is 58.3 cm³/mol. The maximum Gasteiger partial charge on any atom is 0.199 e. The highest BCUT2D eigenvalue weighted by molar-refractivity contribution is 5.49. The van der Waals surface area contributed by atoms with Gasteiger partial charge in [-0.3, -0.25) is 10.1 Å². The first-order valence-electron chi connectivity index (χ1n) is 5.11. The molecule has 2 aromatic rings. The Morgan fingerprint density at radius 3 is 2.94 bits per heavy atom. The van der Waals surface area contributed by atoms with E-state index >= 15 is 0 Å². The van der Waals surface area contributed by atoms with Crippen molar-refractivity contribution in [3.8, 4) is 17.6 Å². The van der Waals surface area contributed by atoms with Crippen molar-refractivity contribution in [2.24, 2.45) is 0 Å². The molecule has 2 rings (SSSR count). The van der Waals surface area contributed by atoms with Crippen molar-refractivity contribution in [3.63, 3.8) is 0 Å². The van der Waals surface area contributed by atoms with E-state index in [0.29, 0.717) is 17.1 Å². The minimum absolute atomic E-state index is 0.535. The molecule has 0 unspecified atom stereocenters. The molecule has 5 heteroatoms. The third kappa shape index (κ3) is 2.06. The number of aromatic nitrogens is 4. The molecule has 0 aromatic carbocycles. The molecular formula is C11H11N5. The lowest BCUT2D eigenvalue weighted by Crippen LogP contribution is -1.87. The van der Waals surface area contributed by atoms with Crippen LogP contribution >= 0.6 is 0 Å². The summed E-state index contributed by atoms with van der Waals surface area (Å²) < 4.78 is 0. The van der Waals surface area contributed by atoms with Gasteiger partial charge in [-0.2, -0.15) is 10.4 Å². The largest absolute Gasteiger partial charge is 0.263 e. The molecule has 0 saturated heterocycles. The summed E-state index contributed by atoms with van der Waals surface area (Å²) in [7, 11) is 0. The van der Waals surface area contributed by atoms with Gasteiger partial charge in [-0.25, -0.2) is 4.98 Å². The van der Waals surface area contributed by atoms with E-state index in [1.807, 2.05) is 6.07 Å². The Balaban J connectivity index is 2.25. The van der Waals surface area contributed by atoms with Gasteiger partial charge in [0.1, 0.15) is 17.6 Å². The summed E-state index contributed by atoms with van der Waals surface area (Å²) in [5.41, 5.74) is 1.21. The van der Waals surface area contributed by atoms with Gasteiger partial charge < -0.3 is 0 Å². The molecular weight excluding hydrogens is 202 g/mol. The first kappa shape index (κ1) is 10.3. The van der Waals surface area contributed by atoms with Crippen molar-refractivity contribution in [1.29, 1.82) is 5.26 Å². The monoisotopic (exact) mass is 213 g/mol. The van der Waals surface area contributed by atoms with Gasteiger partial charge in [0.05, 0.1) is 5.56 Å². The summed E-state index contributed by atoms with van der Waals surface area (Å²) in [6.07, 6.45) is 3.42. The Labute approximate surface area is 93.2 Å². The predicted octanol–water partition coefficient (Wildman–Crippen LogP) is 1.69. The number of nitriles is 1. The molecule has 0 radical (unpaired) electrons. The Morgan fingerprint density at radius 2 is 2.31 bits per heavy atom. The lowest BCUT2D eigenvalue weighted by Gasteiger charge is -1.93. The van der Waals surface area contributed by atoms with Gasteiger partial charge in [-0.15, -0.1) is 0 Å². The van der Waals surface area contributed by atoms with Crippen LogP contribution in [0.25, 0.3) is 11.5 Å². The highest BCUT2D eigenvalue weighted by Crippen LogP contribution is 2.12. The standard InChI is InChI=1S/C11H11N5/c1-2-3-10-14-11(16-15-10)9-5-4-8(6-12)7-13-9/h4-5,7H,2-3H2,1H3,(H,14,15,16). The summed E-state index contributed by atoms with van der Waals surface area (Å²) in [5.74, 6) is 1.44. The van der Waals surface area contributed by atoms with Crippen LogP contribution in [0.3, 0.4) is 0 Å². The van der Waals surface area contributed by atoms with E-state index in [1.54, 1.807) is 12.1 Å². The molecule has 0 atom stereocenters. The number of pyridine rings is 1. The lowest BCUT2D eigenvalue weighted by molar-refractivity contribution is 0.841. The minimum Gasteiger partial charge on any atom is -0.263 e. The van der Waals surface area contributed by atoms with Crippen LogP contribution in [0, 0.1) is 11.3 Å². The third-order valence-electron chi connectivity index (χ3n) is 2.14. The Morgan fingerprint density at radius 1 is 1.44 bits per heavy atom. The number of hydrogen-bond acceptors (Lipinski definition) is 4. The van der Waals surface area contributed by atoms with Crippen LogP contribution < -0.4 is 0 Å². The first-order valence-corrected chi connectivity index (χ1v) is 5.11. The highest BCUT2D eigenvalue weighted by atomic mass is 15.2. The average Bonchev–Trinajstić information content (AvgIpc) is 2.78. The fourth-order valence-electron chi connectivity index (χ4n) is 1.35. The van der Waals surface area contributed by atoms with Crippen molar-refractivity contribution in [3.05, 3.63) is 29.7 Å². The first-order chi connectivity index (χ1) is 7.83. The number of aromatic amines is 1. The minimum atomic E-state index is 0.535. The zero-order valence-electron chi connectivity index (χ0n) is 8.94. The zero-order chi connectivity index (χ0) is 11.4. The van der Waals surface area contributed by atoms with Crippen LogP contribution in [-0.2, 0) is 6.42 Å². The second-order valence-electron chi connectivity index (χ2n) is 3.40. The quantitative estimate of drug-likeness (QED) is 0.841. The molecule has 0 saturated carbocycles. The maximum atomic E-state index is 8.65. The van der Waals surface area contributed by atoms with Crippen molar-refractivity contribution < 1.29 is 0 Å². The van der Waals surface area contributed by atoms with E-state index < -0.39 is 0 Å². The smallest absolute Gasteiger partial charge is 0.199 e. The molecule has 1 N–H and O–H groups in total. The third-order valence-corrected chi connectivity index (χ3v) is 2.14. The van der Waals surface area contributed by atoms with Crippen LogP contribution in [-0.4, -0.2) is 20.2 Å². The molecule has 16 heavy (non-hydrogen) atoms. The lowest BCUT2D eigenvalue weighted by atomic mass is 10.2. The van der Waals surface area contributed by atoms with Crippen molar-refractivity contribution in [2.75, 3.05) is 0 Å². The van der Waals surface area contributed by atoms with E-state index in [0.717, 1.165) is 18.7 Å². The topological polar surface area (TPSA) is 78.2 Å². The maximum absolute atomic E-state index is 8.65. The molecule has 0 bridgehead atoms. The number of aryl methyl sites for hydroxylation is 1. The van der Waals surface area contributed by atoms with Crippen LogP contribution in [0.1, 0.15) is 24.7 Å². The average molecular weight is 213 g/mol. The van der Waals surface area contributed by atoms with Gasteiger partial charge in [-0.1, -0.05) is 6.92 Å². The second kappa shape index (κ2) is 4.53. The molecule has 0 aliphatic heterocycles. The zero-order valence-corrected chi connectivity index (χ0v) is 8.94. The van der Waals surface area contributed by atoms with Crippen molar-refractivity contribution in [2.45, 2.75) is 19.8 Å². The molecule has 0 aliphatic rings. The van der Waals surface area contributed by atoms with Crippen LogP contribution in [0.4, 0.5) is 0 Å². The molecule has 0 aliphatic carbocycles. The fraction of sp³-hybridized carbons (Fsp3) is 0.273. The molecule has 2 aromatic heterocycles. The van der Waals surface area contributed by atoms with Gasteiger partial charge in [0, 0.05) is 12.6 Å². The van der Waals surface area contributed by atoms with E-state index in [2.05, 4.69) is 27.1 Å². The number of rotatable bonds is 3. The summed E-state index contributed by atoms with van der Waals surface area (Å²) in [5, 5.41) is 15.6. The van der Waals surface area contributed by atoms with Gasteiger partial charge in [0.25, 0.3) is 0 Å². The summed E-state index contributed by atoms with van der Waals surface area (Å²) in [4.78, 5) is 8.44. The number of hydrogen-bond donors (Lipinski definition) is 1. The summed E-state index contributed by atoms with van der Waals surface area (Å²) in [6.45, 7) is 2.09.